The molecule has 0 spiro atoms. The molecule has 0 N–H and O–H groups in total. The molecule has 2 nitrogen and oxygen atoms in total. The second-order valence-electron chi connectivity index (χ2n) is 4.16. The molecule has 0 atom stereocenters. The van der Waals surface area contributed by atoms with E-state index in [1.165, 1.54) is 0 Å². The van der Waals surface area contributed by atoms with Gasteiger partial charge in [0, 0.05) is 27.1 Å². The number of aryl methyl sites for hydroxylation is 1. The van der Waals surface area contributed by atoms with E-state index in [1.54, 1.807) is 0 Å². The fourth-order valence-corrected chi connectivity index (χ4v) is 2.56. The quantitative estimate of drug-likeness (QED) is 0.632. The first kappa shape index (κ1) is 11.8. The van der Waals surface area contributed by atoms with Gasteiger partial charge in [0.05, 0.1) is 11.0 Å². The first-order chi connectivity index (χ1) is 8.65. The molecular formula is C14H10BrClN2. The summed E-state index contributed by atoms with van der Waals surface area (Å²) in [6, 6.07) is 12.0. The van der Waals surface area contributed by atoms with Gasteiger partial charge in [-0.15, -0.1) is 0 Å². The average Bonchev–Trinajstić information content (AvgIpc) is 2.66. The van der Waals surface area contributed by atoms with Crippen molar-refractivity contribution in [3.8, 4) is 5.69 Å². The van der Waals surface area contributed by atoms with Crippen molar-refractivity contribution in [1.29, 1.82) is 0 Å². The van der Waals surface area contributed by atoms with Crippen molar-refractivity contribution < 1.29 is 0 Å². The molecule has 0 unspecified atom stereocenters. The summed E-state index contributed by atoms with van der Waals surface area (Å²) in [6.45, 7) is 2.07. The molecule has 0 aliphatic rings. The van der Waals surface area contributed by atoms with Crippen LogP contribution in [-0.2, 0) is 0 Å². The molecule has 1 aromatic carbocycles. The average molecular weight is 322 g/mol. The number of nitrogens with zero attached hydrogens (tertiary/aromatic N) is 2. The Bertz CT molecular complexity index is 716. The highest BCUT2D eigenvalue weighted by Crippen LogP contribution is 2.25. The summed E-state index contributed by atoms with van der Waals surface area (Å²) < 4.78 is 3.15. The molecule has 4 heteroatoms. The zero-order valence-electron chi connectivity index (χ0n) is 9.69. The number of halogens is 2. The van der Waals surface area contributed by atoms with Gasteiger partial charge in [0.15, 0.2) is 0 Å². The summed E-state index contributed by atoms with van der Waals surface area (Å²) in [5.74, 6) is 0. The molecule has 0 fully saturated rings. The Balaban J connectivity index is 2.30. The second kappa shape index (κ2) is 4.41. The van der Waals surface area contributed by atoms with Gasteiger partial charge in [0.2, 0.25) is 0 Å². The minimum absolute atomic E-state index is 0.743. The molecule has 0 bridgehead atoms. The number of hydrogen-bond acceptors (Lipinski definition) is 1. The van der Waals surface area contributed by atoms with E-state index < -0.39 is 0 Å². The van der Waals surface area contributed by atoms with Gasteiger partial charge in [-0.2, -0.15) is 0 Å². The van der Waals surface area contributed by atoms with E-state index in [0.29, 0.717) is 0 Å². The molecule has 90 valence electrons. The van der Waals surface area contributed by atoms with Crippen molar-refractivity contribution >= 4 is 38.6 Å². The fourth-order valence-electron chi connectivity index (χ4n) is 2.11. The van der Waals surface area contributed by atoms with Gasteiger partial charge in [0.1, 0.15) is 0 Å². The largest absolute Gasteiger partial charge is 0.312 e. The lowest BCUT2D eigenvalue weighted by atomic mass is 10.3. The van der Waals surface area contributed by atoms with E-state index in [9.17, 15) is 0 Å². The third kappa shape index (κ3) is 1.93. The zero-order valence-corrected chi connectivity index (χ0v) is 12.0. The van der Waals surface area contributed by atoms with E-state index in [1.807, 2.05) is 30.5 Å². The van der Waals surface area contributed by atoms with E-state index >= 15 is 0 Å². The monoisotopic (exact) mass is 320 g/mol. The third-order valence-corrected chi connectivity index (χ3v) is 3.57. The Morgan fingerprint density at radius 3 is 2.61 bits per heavy atom. The van der Waals surface area contributed by atoms with Crippen LogP contribution in [0, 0.1) is 6.92 Å². The molecule has 0 aliphatic carbocycles. The first-order valence-corrected chi connectivity index (χ1v) is 6.72. The van der Waals surface area contributed by atoms with Crippen LogP contribution < -0.4 is 0 Å². The molecule has 0 saturated heterocycles. The Morgan fingerprint density at radius 1 is 1.17 bits per heavy atom. The molecule has 0 radical (unpaired) electrons. The van der Waals surface area contributed by atoms with Crippen LogP contribution in [0.2, 0.25) is 5.02 Å². The number of pyridine rings is 1. The molecule has 0 amide bonds. The number of hydrogen-bond donors (Lipinski definition) is 0. The number of aromatic nitrogens is 2. The summed E-state index contributed by atoms with van der Waals surface area (Å²) in [6.07, 6.45) is 1.81. The molecule has 3 rings (SSSR count). The predicted octanol–water partition coefficient (Wildman–Crippen LogP) is 4.75. The van der Waals surface area contributed by atoms with Gasteiger partial charge < -0.3 is 4.57 Å². The van der Waals surface area contributed by atoms with Crippen LogP contribution in [0.3, 0.4) is 0 Å². The lowest BCUT2D eigenvalue weighted by molar-refractivity contribution is 1.05. The van der Waals surface area contributed by atoms with Crippen molar-refractivity contribution in [1.82, 2.24) is 9.55 Å². The van der Waals surface area contributed by atoms with Crippen molar-refractivity contribution in [3.05, 3.63) is 57.8 Å². The summed E-state index contributed by atoms with van der Waals surface area (Å²) in [7, 11) is 0. The molecule has 2 aromatic heterocycles. The maximum atomic E-state index is 5.93. The Kier molecular flexibility index (Phi) is 2.88. The topological polar surface area (TPSA) is 17.8 Å². The number of benzene rings is 1. The third-order valence-electron chi connectivity index (χ3n) is 2.89. The maximum Gasteiger partial charge on any atom is 0.0888 e. The Hall–Kier alpha value is -1.32. The SMILES string of the molecule is Cc1cc2ncc(Br)cc2n1-c1ccc(Cl)cc1. The molecule has 18 heavy (non-hydrogen) atoms. The van der Waals surface area contributed by atoms with Crippen LogP contribution in [0.1, 0.15) is 5.69 Å². The van der Waals surface area contributed by atoms with Crippen molar-refractivity contribution in [2.75, 3.05) is 0 Å². The van der Waals surface area contributed by atoms with Crippen molar-refractivity contribution in [3.63, 3.8) is 0 Å². The minimum Gasteiger partial charge on any atom is -0.312 e. The van der Waals surface area contributed by atoms with Crippen molar-refractivity contribution in [2.24, 2.45) is 0 Å². The highest BCUT2D eigenvalue weighted by atomic mass is 79.9. The summed E-state index contributed by atoms with van der Waals surface area (Å²) in [4.78, 5) is 4.41. The van der Waals surface area contributed by atoms with E-state index in [0.717, 1.165) is 31.9 Å². The van der Waals surface area contributed by atoms with Crippen LogP contribution in [0.15, 0.2) is 47.1 Å². The highest BCUT2D eigenvalue weighted by Gasteiger charge is 2.08. The molecule has 0 aliphatic heterocycles. The lowest BCUT2D eigenvalue weighted by Crippen LogP contribution is -1.95. The summed E-state index contributed by atoms with van der Waals surface area (Å²) in [5, 5.41) is 0.743. The first-order valence-electron chi connectivity index (χ1n) is 5.55. The zero-order chi connectivity index (χ0) is 12.7. The van der Waals surface area contributed by atoms with Gasteiger partial charge in [-0.3, -0.25) is 4.98 Å². The summed E-state index contributed by atoms with van der Waals surface area (Å²) >= 11 is 9.39. The standard InChI is InChI=1S/C14H10BrClN2/c1-9-6-13-14(7-10(15)8-17-13)18(9)12-4-2-11(16)3-5-12/h2-8H,1H3. The second-order valence-corrected chi connectivity index (χ2v) is 5.51. The van der Waals surface area contributed by atoms with Crippen LogP contribution in [0.25, 0.3) is 16.7 Å². The van der Waals surface area contributed by atoms with E-state index in [4.69, 9.17) is 11.6 Å². The maximum absolute atomic E-state index is 5.93. The van der Waals surface area contributed by atoms with Gasteiger partial charge in [-0.25, -0.2) is 0 Å². The van der Waals surface area contributed by atoms with Crippen LogP contribution >= 0.6 is 27.5 Å². The normalized spacial score (nSPS) is 11.1. The molecule has 0 saturated carbocycles. The fraction of sp³-hybridized carbons (Fsp3) is 0.0714. The van der Waals surface area contributed by atoms with Crippen molar-refractivity contribution in [2.45, 2.75) is 6.92 Å². The molecular weight excluding hydrogens is 312 g/mol. The van der Waals surface area contributed by atoms with E-state index in [2.05, 4.69) is 44.5 Å². The predicted molar refractivity (Wildman–Crippen MR) is 78.5 cm³/mol. The lowest BCUT2D eigenvalue weighted by Gasteiger charge is -2.08. The minimum atomic E-state index is 0.743. The van der Waals surface area contributed by atoms with Gasteiger partial charge in [-0.05, 0) is 59.3 Å². The Morgan fingerprint density at radius 2 is 1.89 bits per heavy atom. The number of rotatable bonds is 1. The smallest absolute Gasteiger partial charge is 0.0888 e. The highest BCUT2D eigenvalue weighted by molar-refractivity contribution is 9.10. The summed E-state index contributed by atoms with van der Waals surface area (Å²) in [5.41, 5.74) is 4.32. The van der Waals surface area contributed by atoms with Gasteiger partial charge in [-0.1, -0.05) is 11.6 Å². The van der Waals surface area contributed by atoms with E-state index in [-0.39, 0.29) is 0 Å². The van der Waals surface area contributed by atoms with Crippen LogP contribution in [0.4, 0.5) is 0 Å². The van der Waals surface area contributed by atoms with Crippen LogP contribution in [-0.4, -0.2) is 9.55 Å². The van der Waals surface area contributed by atoms with Crippen LogP contribution in [0.5, 0.6) is 0 Å². The molecule has 2 heterocycles. The van der Waals surface area contributed by atoms with Gasteiger partial charge >= 0.3 is 0 Å². The van der Waals surface area contributed by atoms with Gasteiger partial charge in [0.25, 0.3) is 0 Å². The molecule has 3 aromatic rings. The number of fused-ring (bicyclic) bond motifs is 1. The Labute approximate surface area is 118 Å².